The maximum atomic E-state index is 12.7. The summed E-state index contributed by atoms with van der Waals surface area (Å²) in [4.78, 5) is 30.2. The lowest BCUT2D eigenvalue weighted by Gasteiger charge is -2.27. The Labute approximate surface area is 146 Å². The molecule has 0 saturated carbocycles. The average Bonchev–Trinajstić information content (AvgIpc) is 3.29. The van der Waals surface area contributed by atoms with Crippen molar-refractivity contribution >= 4 is 12.0 Å². The summed E-state index contributed by atoms with van der Waals surface area (Å²) in [5.74, 6) is 0.305. The number of aromatic nitrogens is 2. The molecule has 0 fully saturated rings. The third-order valence-corrected chi connectivity index (χ3v) is 3.69. The van der Waals surface area contributed by atoms with Crippen LogP contribution in [0.25, 0.3) is 0 Å². The second kappa shape index (κ2) is 9.46. The Morgan fingerprint density at radius 1 is 1.52 bits per heavy atom. The maximum absolute atomic E-state index is 12.7. The van der Waals surface area contributed by atoms with Gasteiger partial charge in [-0.3, -0.25) is 9.36 Å². The standard InChI is InChI=1S/C18H23N3O4/c1-3-4-5-10-25-17(22)12-15(2)21(13-16-7-6-11-24-16)18(23)20-9-8-19-14-20/h3,6-9,11,14-15H,1,4-5,10,12-13H2,2H3. The molecule has 2 aromatic heterocycles. The van der Waals surface area contributed by atoms with E-state index in [0.717, 1.165) is 12.8 Å². The van der Waals surface area contributed by atoms with E-state index in [9.17, 15) is 9.59 Å². The molecule has 1 amide bonds. The Morgan fingerprint density at radius 3 is 3.00 bits per heavy atom. The first-order valence-electron chi connectivity index (χ1n) is 8.19. The molecule has 7 nitrogen and oxygen atoms in total. The van der Waals surface area contributed by atoms with E-state index in [0.29, 0.717) is 12.4 Å². The van der Waals surface area contributed by atoms with E-state index >= 15 is 0 Å². The van der Waals surface area contributed by atoms with Crippen LogP contribution in [-0.2, 0) is 16.1 Å². The SMILES string of the molecule is C=CCCCOC(=O)CC(C)N(Cc1ccco1)C(=O)n1ccnc1. The first kappa shape index (κ1) is 18.5. The molecule has 2 aromatic rings. The van der Waals surface area contributed by atoms with Crippen LogP contribution in [0.5, 0.6) is 0 Å². The second-order valence-electron chi connectivity index (χ2n) is 5.66. The lowest BCUT2D eigenvalue weighted by Crippen LogP contribution is -2.41. The summed E-state index contributed by atoms with van der Waals surface area (Å²) in [5.41, 5.74) is 0. The topological polar surface area (TPSA) is 77.6 Å². The Balaban J connectivity index is 1.99. The predicted octanol–water partition coefficient (Wildman–Crippen LogP) is 3.23. The molecule has 1 atom stereocenters. The minimum atomic E-state index is -0.355. The van der Waals surface area contributed by atoms with Crippen molar-refractivity contribution in [2.45, 2.75) is 38.8 Å². The normalized spacial score (nSPS) is 11.7. The van der Waals surface area contributed by atoms with E-state index in [1.807, 2.05) is 6.92 Å². The van der Waals surface area contributed by atoms with Crippen molar-refractivity contribution < 1.29 is 18.7 Å². The molecule has 2 rings (SSSR count). The van der Waals surface area contributed by atoms with Crippen molar-refractivity contribution in [3.05, 3.63) is 55.5 Å². The highest BCUT2D eigenvalue weighted by atomic mass is 16.5. The Kier molecular flexibility index (Phi) is 7.00. The summed E-state index contributed by atoms with van der Waals surface area (Å²) >= 11 is 0. The van der Waals surface area contributed by atoms with Crippen molar-refractivity contribution in [1.82, 2.24) is 14.5 Å². The van der Waals surface area contributed by atoms with Gasteiger partial charge in [-0.2, -0.15) is 0 Å². The highest BCUT2D eigenvalue weighted by Crippen LogP contribution is 2.14. The summed E-state index contributed by atoms with van der Waals surface area (Å²) in [6, 6.07) is 2.91. The number of allylic oxidation sites excluding steroid dienone is 1. The van der Waals surface area contributed by atoms with Crippen molar-refractivity contribution in [1.29, 1.82) is 0 Å². The van der Waals surface area contributed by atoms with E-state index in [-0.39, 0.29) is 31.0 Å². The molecule has 25 heavy (non-hydrogen) atoms. The summed E-state index contributed by atoms with van der Waals surface area (Å²) in [7, 11) is 0. The number of furan rings is 1. The van der Waals surface area contributed by atoms with Gasteiger partial charge in [-0.25, -0.2) is 9.78 Å². The number of hydrogen-bond donors (Lipinski definition) is 0. The van der Waals surface area contributed by atoms with Gasteiger partial charge >= 0.3 is 12.0 Å². The van der Waals surface area contributed by atoms with Crippen LogP contribution < -0.4 is 0 Å². The van der Waals surface area contributed by atoms with E-state index in [4.69, 9.17) is 9.15 Å². The molecule has 134 valence electrons. The molecule has 0 radical (unpaired) electrons. The number of imidazole rings is 1. The summed E-state index contributed by atoms with van der Waals surface area (Å²) in [6.45, 7) is 6.05. The molecule has 2 heterocycles. The summed E-state index contributed by atoms with van der Waals surface area (Å²) in [6.07, 6.45) is 9.51. The van der Waals surface area contributed by atoms with E-state index in [2.05, 4.69) is 11.6 Å². The second-order valence-corrected chi connectivity index (χ2v) is 5.66. The number of rotatable bonds is 9. The monoisotopic (exact) mass is 345 g/mol. The van der Waals surface area contributed by atoms with Gasteiger partial charge in [0.15, 0.2) is 0 Å². The molecule has 0 aliphatic carbocycles. The fourth-order valence-electron chi connectivity index (χ4n) is 2.33. The van der Waals surface area contributed by atoms with E-state index in [1.165, 1.54) is 17.1 Å². The molecular weight excluding hydrogens is 322 g/mol. The minimum absolute atomic E-state index is 0.106. The van der Waals surface area contributed by atoms with Crippen LogP contribution in [0.2, 0.25) is 0 Å². The zero-order chi connectivity index (χ0) is 18.1. The van der Waals surface area contributed by atoms with Crippen LogP contribution in [0.1, 0.15) is 31.9 Å². The number of ether oxygens (including phenoxy) is 1. The average molecular weight is 345 g/mol. The van der Waals surface area contributed by atoms with Gasteiger partial charge in [0.1, 0.15) is 12.1 Å². The van der Waals surface area contributed by atoms with Gasteiger partial charge in [-0.1, -0.05) is 6.08 Å². The predicted molar refractivity (Wildman–Crippen MR) is 91.7 cm³/mol. The van der Waals surface area contributed by atoms with E-state index < -0.39 is 0 Å². The summed E-state index contributed by atoms with van der Waals surface area (Å²) in [5, 5.41) is 0. The number of carbonyl (C=O) groups excluding carboxylic acids is 2. The number of hydrogen-bond acceptors (Lipinski definition) is 5. The van der Waals surface area contributed by atoms with Crippen LogP contribution >= 0.6 is 0 Å². The van der Waals surface area contributed by atoms with E-state index in [1.54, 1.807) is 35.6 Å². The number of esters is 1. The Hall–Kier alpha value is -2.83. The fraction of sp³-hybridized carbons (Fsp3) is 0.389. The third kappa shape index (κ3) is 5.63. The van der Waals surface area contributed by atoms with Gasteiger partial charge in [-0.05, 0) is 31.9 Å². The van der Waals surface area contributed by atoms with Gasteiger partial charge in [0.05, 0.1) is 25.8 Å². The van der Waals surface area contributed by atoms with Crippen LogP contribution in [0, 0.1) is 0 Å². The third-order valence-electron chi connectivity index (χ3n) is 3.69. The zero-order valence-corrected chi connectivity index (χ0v) is 14.3. The van der Waals surface area contributed by atoms with Gasteiger partial charge < -0.3 is 14.1 Å². The first-order chi connectivity index (χ1) is 12.1. The lowest BCUT2D eigenvalue weighted by atomic mass is 10.2. The number of carbonyl (C=O) groups is 2. The van der Waals surface area contributed by atoms with Crippen molar-refractivity contribution in [3.63, 3.8) is 0 Å². The largest absolute Gasteiger partial charge is 0.467 e. The molecule has 0 bridgehead atoms. The Morgan fingerprint density at radius 2 is 2.36 bits per heavy atom. The minimum Gasteiger partial charge on any atom is -0.467 e. The van der Waals surface area contributed by atoms with Crippen molar-refractivity contribution in [2.24, 2.45) is 0 Å². The highest BCUT2D eigenvalue weighted by molar-refractivity contribution is 5.78. The van der Waals surface area contributed by atoms with Gasteiger partial charge in [0.25, 0.3) is 0 Å². The smallest absolute Gasteiger partial charge is 0.330 e. The molecule has 7 heteroatoms. The number of nitrogens with zero attached hydrogens (tertiary/aromatic N) is 3. The molecule has 0 N–H and O–H groups in total. The van der Waals surface area contributed by atoms with Crippen LogP contribution in [-0.4, -0.2) is 39.1 Å². The molecule has 0 aliphatic heterocycles. The van der Waals surface area contributed by atoms with Crippen LogP contribution in [0.3, 0.4) is 0 Å². The van der Waals surface area contributed by atoms with Crippen LogP contribution in [0.4, 0.5) is 4.79 Å². The van der Waals surface area contributed by atoms with Crippen LogP contribution in [0.15, 0.2) is 54.2 Å². The highest BCUT2D eigenvalue weighted by Gasteiger charge is 2.25. The van der Waals surface area contributed by atoms with Gasteiger partial charge in [-0.15, -0.1) is 6.58 Å². The Bertz CT molecular complexity index is 665. The quantitative estimate of drug-likeness (QED) is 0.396. The molecule has 0 saturated heterocycles. The molecule has 0 aliphatic rings. The molecular formula is C18H23N3O4. The zero-order valence-electron chi connectivity index (χ0n) is 14.3. The number of amides is 1. The lowest BCUT2D eigenvalue weighted by molar-refractivity contribution is -0.144. The van der Waals surface area contributed by atoms with Crippen molar-refractivity contribution in [3.8, 4) is 0 Å². The summed E-state index contributed by atoms with van der Waals surface area (Å²) < 4.78 is 11.9. The van der Waals surface area contributed by atoms with Crippen molar-refractivity contribution in [2.75, 3.05) is 6.61 Å². The fourth-order valence-corrected chi connectivity index (χ4v) is 2.33. The number of unbranched alkanes of at least 4 members (excludes halogenated alkanes) is 1. The maximum Gasteiger partial charge on any atom is 0.330 e. The molecule has 0 spiro atoms. The van der Waals surface area contributed by atoms with Gasteiger partial charge in [0, 0.05) is 18.4 Å². The molecule has 0 aromatic carbocycles. The van der Waals surface area contributed by atoms with Gasteiger partial charge in [0.2, 0.25) is 0 Å². The molecule has 1 unspecified atom stereocenters. The first-order valence-corrected chi connectivity index (χ1v) is 8.19.